The zero-order valence-electron chi connectivity index (χ0n) is 86.0. The molecule has 5 saturated carbocycles. The van der Waals surface area contributed by atoms with Crippen LogP contribution >= 0.6 is 21.4 Å². The summed E-state index contributed by atoms with van der Waals surface area (Å²) in [4.78, 5) is 213. The fourth-order valence-corrected chi connectivity index (χ4v) is 16.0. The number of carbonyl (C=O) groups is 17. The van der Waals surface area contributed by atoms with E-state index in [0.717, 1.165) is 43.9 Å². The minimum atomic E-state index is -1.67. The largest absolute Gasteiger partial charge is 0.507 e. The molecule has 0 heterocycles. The van der Waals surface area contributed by atoms with Crippen LogP contribution < -0.4 is 28.4 Å². The van der Waals surface area contributed by atoms with Crippen LogP contribution in [0.25, 0.3) is 0 Å². The Morgan fingerprint density at radius 3 is 0.698 bits per heavy atom. The summed E-state index contributed by atoms with van der Waals surface area (Å²) in [6.07, 6.45) is 17.7. The minimum Gasteiger partial charge on any atom is -0.507 e. The van der Waals surface area contributed by atoms with Crippen molar-refractivity contribution in [3.8, 4) is 46.0 Å². The van der Waals surface area contributed by atoms with Crippen molar-refractivity contribution in [3.05, 3.63) is 133 Å². The van der Waals surface area contributed by atoms with Gasteiger partial charge in [0.25, 0.3) is 0 Å². The number of halogens is 2. The second-order valence-corrected chi connectivity index (χ2v) is 40.2. The lowest BCUT2D eigenvalue weighted by atomic mass is 9.82. The third-order valence-corrected chi connectivity index (χ3v) is 26.4. The third kappa shape index (κ3) is 45.4. The second-order valence-electron chi connectivity index (χ2n) is 37.7. The third-order valence-electron chi connectivity index (χ3n) is 26.4. The molecule has 0 aromatic heterocycles. The standard InChI is InChI=1S/C62H80O20.C32H40O10.C15H22O6.Cl2OS/c1-7-39(5)37-77-61(71)49-35-47(27-29-51(49)81-59(69)45-19-15-41(16-20-45)55(65)75-33-13-11-31-73-53(63)9-3)79-57(67)43-23-25-44(26-24-43)58(68)80-48-28-30-52(50(36-48)62(72)78-38-40(6)8-2)82-60(70)46-21-17-42(18-22-46)56(66)76-34-14-12-32-74-54(64)10-4;1-5-19(3)17-39-31(37)25-15-23(11-13-27(25)33)41-29(35)21-7-9-22(10-8-21)30(36)42-24-12-14-28(34)26(16-24)32(38)40-18-20(4)6-2;1-2-13(16)20-9-3-4-10-21-15(19)12-7-5-11(6-8-12)14(17)18;1-4(2)3/h9-10,27-30,35-36,39-46H,3-4,7-8,11-26,31-34,37-38H2,1-2,5-6H3;11-16,19-22,33-34H,5-10,17-18H2,1-4H3;2,11-12H,1,3-10H2,(H,17,18);. The van der Waals surface area contributed by atoms with Crippen molar-refractivity contribution in [3.63, 3.8) is 0 Å². The van der Waals surface area contributed by atoms with Crippen molar-refractivity contribution in [1.82, 2.24) is 0 Å². The zero-order valence-corrected chi connectivity index (χ0v) is 88.4. The molecule has 4 atom stereocenters. The second kappa shape index (κ2) is 67.5. The van der Waals surface area contributed by atoms with E-state index in [1.807, 2.05) is 55.4 Å². The summed E-state index contributed by atoms with van der Waals surface area (Å²) < 4.78 is 95.4. The van der Waals surface area contributed by atoms with Crippen molar-refractivity contribution < 1.29 is 177 Å². The molecule has 5 aliphatic rings. The first kappa shape index (κ1) is 125. The highest BCUT2D eigenvalue weighted by Gasteiger charge is 2.40. The first-order valence-corrected chi connectivity index (χ1v) is 53.8. The number of ether oxygens (including phenoxy) is 16. The normalized spacial score (nSPS) is 19.4. The van der Waals surface area contributed by atoms with Gasteiger partial charge in [-0.1, -0.05) is 101 Å². The average molecular weight is 2150 g/mol. The maximum atomic E-state index is 13.6. The highest BCUT2D eigenvalue weighted by atomic mass is 36.0. The molecule has 0 bridgehead atoms. The van der Waals surface area contributed by atoms with Crippen LogP contribution in [0, 0.1) is 82.9 Å². The number of hydrogen-bond donors (Lipinski definition) is 3. The van der Waals surface area contributed by atoms with Crippen LogP contribution in [0.4, 0.5) is 0 Å². The Hall–Kier alpha value is -12.6. The van der Waals surface area contributed by atoms with Crippen molar-refractivity contribution >= 4 is 132 Å². The zero-order chi connectivity index (χ0) is 110. The number of aliphatic carboxylic acids is 1. The number of esters is 16. The first-order valence-electron chi connectivity index (χ1n) is 51.0. The van der Waals surface area contributed by atoms with Gasteiger partial charge in [0.15, 0.2) is 0 Å². The van der Waals surface area contributed by atoms with Gasteiger partial charge in [-0.15, -0.1) is 0 Å². The number of phenolic OH excluding ortho intramolecular Hbond substituents is 2. The fraction of sp³-hybridized carbons (Fsp3) is 0.569. The molecule has 5 fully saturated rings. The quantitative estimate of drug-likeness (QED) is 0.00923. The summed E-state index contributed by atoms with van der Waals surface area (Å²) >= 11 is 0. The monoisotopic (exact) mass is 2140 g/mol. The molecular weight excluding hydrogens is 2000 g/mol. The Labute approximate surface area is 879 Å². The maximum Gasteiger partial charge on any atom is 0.342 e. The van der Waals surface area contributed by atoms with E-state index < -0.39 is 128 Å². The van der Waals surface area contributed by atoms with E-state index in [0.29, 0.717) is 148 Å². The van der Waals surface area contributed by atoms with Crippen LogP contribution in [-0.4, -0.2) is 187 Å². The topological polar surface area (TPSA) is 516 Å². The number of aromatic hydroxyl groups is 2. The Bertz CT molecular complexity index is 4890. The molecule has 149 heavy (non-hydrogen) atoms. The molecular formula is C109H142Cl2O37S. The SMILES string of the molecule is C=CC(=O)OCCCCOC(=O)C1CCC(C(=O)O)CC1.C=CC(=O)OCCCCOC(=O)C1CCC(C(=O)Oc2ccc(OC(=O)C3CCC(C(=O)Oc4ccc(OC(=O)C5CCC(C(=O)OCCCCOC(=O)C=C)CC5)c(C(=O)OCC(C)CC)c4)CC3)cc2C(=O)OCC(C)CC)CC1.CCC(C)COC(=O)c1cc(OC(=O)C2CCC(C(=O)Oc3ccc(O)c(C(=O)OCC(C)CC)c3)CC2)ccc1O.O=S(Cl)Cl. The predicted molar refractivity (Wildman–Crippen MR) is 541 cm³/mol. The van der Waals surface area contributed by atoms with E-state index >= 15 is 0 Å². The number of carboxylic acids is 1. The summed E-state index contributed by atoms with van der Waals surface area (Å²) in [6, 6.07) is 16.1. The van der Waals surface area contributed by atoms with Crippen LogP contribution in [0.1, 0.15) is 289 Å². The van der Waals surface area contributed by atoms with Crippen LogP contribution in [-0.2, 0) is 119 Å². The van der Waals surface area contributed by atoms with Crippen molar-refractivity contribution in [2.45, 2.75) is 248 Å². The Balaban J connectivity index is 0.000000414. The lowest BCUT2D eigenvalue weighted by Crippen LogP contribution is -2.30. The number of hydrogen-bond acceptors (Lipinski definition) is 36. The summed E-state index contributed by atoms with van der Waals surface area (Å²) in [5.41, 5.74) is -0.399. The average Bonchev–Trinajstić information content (AvgIpc) is 0.793. The molecule has 5 aliphatic carbocycles. The van der Waals surface area contributed by atoms with E-state index in [1.165, 1.54) is 72.8 Å². The van der Waals surface area contributed by atoms with Gasteiger partial charge < -0.3 is 91.1 Å². The molecule has 40 heteroatoms. The molecule has 9 rings (SSSR count). The van der Waals surface area contributed by atoms with Crippen molar-refractivity contribution in [1.29, 1.82) is 0 Å². The van der Waals surface area contributed by atoms with Gasteiger partial charge in [0, 0.05) is 39.6 Å². The number of phenols is 2. The Kier molecular flexibility index (Phi) is 56.7. The van der Waals surface area contributed by atoms with E-state index in [1.54, 1.807) is 0 Å². The molecule has 0 radical (unpaired) electrons. The first-order chi connectivity index (χ1) is 71.2. The van der Waals surface area contributed by atoms with Gasteiger partial charge in [-0.3, -0.25) is 47.9 Å². The minimum absolute atomic E-state index is 0.0202. The number of unbranched alkanes of at least 4 members (excludes halogenated alkanes) is 3. The summed E-state index contributed by atoms with van der Waals surface area (Å²) in [5.74, 6) is -14.0. The van der Waals surface area contributed by atoms with Gasteiger partial charge >= 0.3 is 101 Å². The summed E-state index contributed by atoms with van der Waals surface area (Å²) in [7, 11) is 7.36. The van der Waals surface area contributed by atoms with E-state index in [-0.39, 0.29) is 219 Å². The highest BCUT2D eigenvalue weighted by Crippen LogP contribution is 2.40. The molecule has 4 unspecified atom stereocenters. The number of carbonyl (C=O) groups excluding carboxylic acids is 16. The number of benzene rings is 4. The van der Waals surface area contributed by atoms with E-state index in [4.69, 9.17) is 85.1 Å². The number of rotatable bonds is 50. The van der Waals surface area contributed by atoms with Crippen LogP contribution in [0.15, 0.2) is 111 Å². The molecule has 0 aliphatic heterocycles. The maximum absolute atomic E-state index is 13.6. The van der Waals surface area contributed by atoms with E-state index in [9.17, 15) is 91.7 Å². The summed E-state index contributed by atoms with van der Waals surface area (Å²) in [6.45, 7) is 27.5. The van der Waals surface area contributed by atoms with Crippen LogP contribution in [0.3, 0.4) is 0 Å². The van der Waals surface area contributed by atoms with E-state index in [2.05, 4.69) is 41.1 Å². The molecule has 820 valence electrons. The predicted octanol–water partition coefficient (Wildman–Crippen LogP) is 18.7. The fourth-order valence-electron chi connectivity index (χ4n) is 16.0. The highest BCUT2D eigenvalue weighted by molar-refractivity contribution is 8.26. The van der Waals surface area contributed by atoms with Crippen LogP contribution in [0.5, 0.6) is 46.0 Å². The smallest absolute Gasteiger partial charge is 0.342 e. The summed E-state index contributed by atoms with van der Waals surface area (Å²) in [5, 5.41) is 29.1. The Morgan fingerprint density at radius 2 is 0.483 bits per heavy atom. The van der Waals surface area contributed by atoms with Gasteiger partial charge in [0.1, 0.15) is 68.2 Å². The lowest BCUT2D eigenvalue weighted by molar-refractivity contribution is -0.153. The molecule has 4 aromatic rings. The van der Waals surface area contributed by atoms with Gasteiger partial charge in [0.2, 0.25) is 9.23 Å². The van der Waals surface area contributed by atoms with Crippen molar-refractivity contribution in [2.75, 3.05) is 66.1 Å². The van der Waals surface area contributed by atoms with Gasteiger partial charge in [0.05, 0.1) is 125 Å². The number of carboxylic acid groups (broad SMARTS) is 1. The van der Waals surface area contributed by atoms with Crippen LogP contribution in [0.2, 0.25) is 0 Å². The molecule has 3 N–H and O–H groups in total. The van der Waals surface area contributed by atoms with Gasteiger partial charge in [-0.25, -0.2) is 37.8 Å². The molecule has 4 aromatic carbocycles. The molecule has 0 spiro atoms. The molecule has 37 nitrogen and oxygen atoms in total. The van der Waals surface area contributed by atoms with Gasteiger partial charge in [-0.05, 0) is 263 Å². The molecule has 0 saturated heterocycles. The lowest BCUT2D eigenvalue weighted by Gasteiger charge is -2.26. The van der Waals surface area contributed by atoms with Gasteiger partial charge in [-0.2, -0.15) is 0 Å². The van der Waals surface area contributed by atoms with Crippen molar-refractivity contribution in [2.24, 2.45) is 82.9 Å². The molecule has 0 amide bonds. The Morgan fingerprint density at radius 1 is 0.295 bits per heavy atom.